The maximum absolute atomic E-state index is 2.45. The molecule has 0 spiro atoms. The van der Waals surface area contributed by atoms with Gasteiger partial charge in [0.15, 0.2) is 0 Å². The second kappa shape index (κ2) is 12.6. The molecular formula is C37H33Cl2Zr. The van der Waals surface area contributed by atoms with Gasteiger partial charge in [-0.15, -0.1) is 0 Å². The van der Waals surface area contributed by atoms with E-state index in [-0.39, 0.29) is 24.8 Å². The van der Waals surface area contributed by atoms with Crippen LogP contribution in [0.5, 0.6) is 0 Å². The standard InChI is InChI=1S/C37H33.2ClH.Zr/c1-5-30-25(4)34(26-19-13-14-20-26)33-23-29-21-24(3)22-32(36(29)37(33)31(30)6-2)35(27-15-9-7-10-16-27)28-17-11-8-12-18-28;;;/h7-19,21-22H,5-6,20H2,1-4H3;2*1H;/q;;;+2/p-2. The van der Waals surface area contributed by atoms with Gasteiger partial charge in [-0.3, -0.25) is 0 Å². The van der Waals surface area contributed by atoms with Crippen molar-refractivity contribution in [3.05, 3.63) is 156 Å². The number of hydrogen-bond acceptors (Lipinski definition) is 0. The summed E-state index contributed by atoms with van der Waals surface area (Å²) >= 11 is 1.49. The molecule has 0 saturated heterocycles. The van der Waals surface area contributed by atoms with Gasteiger partial charge in [0.1, 0.15) is 0 Å². The molecule has 0 nitrogen and oxygen atoms in total. The average Bonchev–Trinajstić information content (AvgIpc) is 3.57. The molecule has 0 aromatic heterocycles. The summed E-state index contributed by atoms with van der Waals surface area (Å²) in [5.74, 6) is 0. The Labute approximate surface area is 265 Å². The molecule has 2 aliphatic carbocycles. The Bertz CT molecular complexity index is 1820. The third-order valence-corrected chi connectivity index (χ3v) is 9.52. The smallest absolute Gasteiger partial charge is 1.00 e. The quantitative estimate of drug-likeness (QED) is 0.310. The maximum Gasteiger partial charge on any atom is -1.00 e. The van der Waals surface area contributed by atoms with Gasteiger partial charge >= 0.3 is 243 Å². The zero-order chi connectivity index (χ0) is 26.4. The summed E-state index contributed by atoms with van der Waals surface area (Å²) in [6.45, 7) is 9.31. The number of hydrogen-bond donors (Lipinski definition) is 0. The van der Waals surface area contributed by atoms with Crippen molar-refractivity contribution in [3.8, 4) is 0 Å². The molecule has 0 heterocycles. The Kier molecular flexibility index (Phi) is 9.62. The first kappa shape index (κ1) is 30.5. The van der Waals surface area contributed by atoms with Crippen LogP contribution in [-0.2, 0) is 37.6 Å². The van der Waals surface area contributed by atoms with E-state index < -0.39 is 0 Å². The van der Waals surface area contributed by atoms with Gasteiger partial charge in [0, 0.05) is 0 Å². The van der Waals surface area contributed by atoms with Gasteiger partial charge in [0.05, 0.1) is 0 Å². The molecule has 0 N–H and O–H groups in total. The van der Waals surface area contributed by atoms with E-state index >= 15 is 0 Å². The molecule has 0 aliphatic heterocycles. The molecule has 4 aromatic rings. The van der Waals surface area contributed by atoms with Gasteiger partial charge in [-0.2, -0.15) is 0 Å². The van der Waals surface area contributed by atoms with E-state index in [1.165, 1.54) is 99.0 Å². The summed E-state index contributed by atoms with van der Waals surface area (Å²) in [6, 6.07) is 26.8. The van der Waals surface area contributed by atoms with E-state index in [1.54, 1.807) is 5.56 Å². The van der Waals surface area contributed by atoms with Gasteiger partial charge in [0.2, 0.25) is 0 Å². The van der Waals surface area contributed by atoms with E-state index in [2.05, 4.69) is 119 Å². The molecule has 2 aliphatic rings. The fraction of sp³-hybridized carbons (Fsp3) is 0.189. The monoisotopic (exact) mass is 637 g/mol. The predicted octanol–water partition coefficient (Wildman–Crippen LogP) is 1.33. The zero-order valence-corrected chi connectivity index (χ0v) is 27.5. The summed E-state index contributed by atoms with van der Waals surface area (Å²) in [6.07, 6.45) is 10.0. The minimum absolute atomic E-state index is 0. The number of halogens is 2. The number of allylic oxidation sites excluding steroid dienone is 4. The SMILES string of the molecule is CCc1c(C)c(C2=CC=CC2)c2c(c1CC)=c1c(cc(C)cc1=C(c1ccccc1)c1ccccc1)[C]=2[Zr+2].[Cl-].[Cl-]. The summed E-state index contributed by atoms with van der Waals surface area (Å²) in [5, 5.41) is 5.81. The van der Waals surface area contributed by atoms with Crippen molar-refractivity contribution in [3.63, 3.8) is 0 Å². The summed E-state index contributed by atoms with van der Waals surface area (Å²) in [5.41, 5.74) is 14.2. The third-order valence-electron chi connectivity index (χ3n) is 8.24. The maximum atomic E-state index is 2.45. The van der Waals surface area contributed by atoms with Gasteiger partial charge in [-0.05, 0) is 0 Å². The Balaban J connectivity index is 0.00000185. The van der Waals surface area contributed by atoms with Crippen LogP contribution in [0.25, 0.3) is 14.4 Å². The van der Waals surface area contributed by atoms with E-state index in [0.29, 0.717) is 0 Å². The van der Waals surface area contributed by atoms with E-state index in [1.807, 2.05) is 0 Å². The largest absolute Gasteiger partial charge is 1.00 e. The van der Waals surface area contributed by atoms with Crippen LogP contribution < -0.4 is 35.3 Å². The Morgan fingerprint density at radius 3 is 1.88 bits per heavy atom. The van der Waals surface area contributed by atoms with Crippen molar-refractivity contribution in [1.82, 2.24) is 0 Å². The topological polar surface area (TPSA) is 0 Å². The van der Waals surface area contributed by atoms with Crippen LogP contribution >= 0.6 is 0 Å². The molecular weight excluding hydrogens is 607 g/mol. The first-order valence-electron chi connectivity index (χ1n) is 13.8. The molecule has 0 fully saturated rings. The second-order valence-electron chi connectivity index (χ2n) is 10.5. The van der Waals surface area contributed by atoms with Crippen molar-refractivity contribution >= 4 is 14.4 Å². The summed E-state index contributed by atoms with van der Waals surface area (Å²) in [4.78, 5) is 0. The van der Waals surface area contributed by atoms with E-state index in [9.17, 15) is 0 Å². The van der Waals surface area contributed by atoms with Crippen molar-refractivity contribution in [1.29, 1.82) is 0 Å². The second-order valence-corrected chi connectivity index (χ2v) is 11.7. The van der Waals surface area contributed by atoms with Crippen LogP contribution in [0.1, 0.15) is 64.8 Å². The number of rotatable bonds is 5. The van der Waals surface area contributed by atoms with Crippen molar-refractivity contribution < 1.29 is 49.5 Å². The predicted molar refractivity (Wildman–Crippen MR) is 157 cm³/mol. The zero-order valence-electron chi connectivity index (χ0n) is 23.5. The van der Waals surface area contributed by atoms with Crippen LogP contribution in [0, 0.1) is 24.3 Å². The molecule has 0 unspecified atom stereocenters. The van der Waals surface area contributed by atoms with Gasteiger partial charge in [0.25, 0.3) is 0 Å². The van der Waals surface area contributed by atoms with E-state index in [4.69, 9.17) is 0 Å². The molecule has 0 atom stereocenters. The molecule has 4 aromatic carbocycles. The molecule has 0 radical (unpaired) electrons. The van der Waals surface area contributed by atoms with Crippen molar-refractivity contribution in [2.45, 2.75) is 47.0 Å². The molecule has 199 valence electrons. The Morgan fingerprint density at radius 1 is 0.750 bits per heavy atom. The Hall–Kier alpha value is -2.44. The molecule has 40 heavy (non-hydrogen) atoms. The van der Waals surface area contributed by atoms with Crippen LogP contribution in [-0.4, -0.2) is 0 Å². The molecule has 0 amide bonds. The number of fused-ring (bicyclic) bond motifs is 2. The first-order chi connectivity index (χ1) is 18.5. The molecule has 0 bridgehead atoms. The number of benzene rings is 4. The van der Waals surface area contributed by atoms with Crippen LogP contribution in [0.15, 0.2) is 91.0 Å². The molecule has 6 rings (SSSR count). The van der Waals surface area contributed by atoms with Gasteiger partial charge < -0.3 is 24.8 Å². The summed E-state index contributed by atoms with van der Waals surface area (Å²) in [7, 11) is 0. The fourth-order valence-electron chi connectivity index (χ4n) is 6.69. The van der Waals surface area contributed by atoms with Crippen LogP contribution in [0.3, 0.4) is 0 Å². The van der Waals surface area contributed by atoms with Gasteiger partial charge in [-0.1, -0.05) is 0 Å². The van der Waals surface area contributed by atoms with Crippen LogP contribution in [0.2, 0.25) is 0 Å². The minimum Gasteiger partial charge on any atom is -1.00 e. The third kappa shape index (κ3) is 4.96. The summed E-state index contributed by atoms with van der Waals surface area (Å²) < 4.78 is 1.51. The molecule has 3 heteroatoms. The van der Waals surface area contributed by atoms with Gasteiger partial charge in [-0.25, -0.2) is 0 Å². The van der Waals surface area contributed by atoms with Crippen molar-refractivity contribution in [2.24, 2.45) is 0 Å². The van der Waals surface area contributed by atoms with Crippen LogP contribution in [0.4, 0.5) is 0 Å². The van der Waals surface area contributed by atoms with E-state index in [0.717, 1.165) is 19.3 Å². The normalized spacial score (nSPS) is 12.8. The van der Waals surface area contributed by atoms with Crippen molar-refractivity contribution in [2.75, 3.05) is 0 Å². The fourth-order valence-corrected chi connectivity index (χ4v) is 7.79. The minimum atomic E-state index is 0. The first-order valence-corrected chi connectivity index (χ1v) is 15.0. The molecule has 0 saturated carbocycles. The average molecular weight is 640 g/mol. The number of aryl methyl sites for hydroxylation is 1. The Morgan fingerprint density at radius 2 is 1.35 bits per heavy atom.